The summed E-state index contributed by atoms with van der Waals surface area (Å²) in [4.78, 5) is 24.6. The molecule has 27 heavy (non-hydrogen) atoms. The SMILES string of the molecule is C[C@@H](OC(=O)c1ccc2c(c1)OCCO2)C(=O)Nc1ccc2c(c1)OCO2. The number of benzene rings is 2. The van der Waals surface area contributed by atoms with E-state index in [-0.39, 0.29) is 12.4 Å². The second-order valence-electron chi connectivity index (χ2n) is 5.96. The number of hydrogen-bond donors (Lipinski definition) is 1. The van der Waals surface area contributed by atoms with Gasteiger partial charge in [-0.05, 0) is 37.3 Å². The Labute approximate surface area is 154 Å². The topological polar surface area (TPSA) is 92.3 Å². The summed E-state index contributed by atoms with van der Waals surface area (Å²) in [6, 6.07) is 9.78. The summed E-state index contributed by atoms with van der Waals surface area (Å²) in [5.41, 5.74) is 0.799. The zero-order chi connectivity index (χ0) is 18.8. The van der Waals surface area contributed by atoms with Crippen molar-refractivity contribution in [3.8, 4) is 23.0 Å². The Hall–Kier alpha value is -3.42. The van der Waals surface area contributed by atoms with Crippen molar-refractivity contribution in [2.75, 3.05) is 25.3 Å². The van der Waals surface area contributed by atoms with E-state index in [4.69, 9.17) is 23.7 Å². The third kappa shape index (κ3) is 3.59. The van der Waals surface area contributed by atoms with Gasteiger partial charge < -0.3 is 29.0 Å². The molecule has 0 bridgehead atoms. The number of nitrogens with one attached hydrogen (secondary N) is 1. The first kappa shape index (κ1) is 17.0. The molecule has 2 heterocycles. The van der Waals surface area contributed by atoms with Gasteiger partial charge in [-0.3, -0.25) is 4.79 Å². The molecule has 1 amide bonds. The molecule has 0 aliphatic carbocycles. The molecule has 8 heteroatoms. The Bertz CT molecular complexity index is 896. The van der Waals surface area contributed by atoms with Gasteiger partial charge in [0.05, 0.1) is 5.56 Å². The van der Waals surface area contributed by atoms with Crippen LogP contribution < -0.4 is 24.3 Å². The normalized spacial score (nSPS) is 15.0. The predicted molar refractivity (Wildman–Crippen MR) is 93.5 cm³/mol. The second kappa shape index (κ2) is 7.06. The highest BCUT2D eigenvalue weighted by atomic mass is 16.7. The van der Waals surface area contributed by atoms with Crippen molar-refractivity contribution in [2.45, 2.75) is 13.0 Å². The first-order valence-corrected chi connectivity index (χ1v) is 8.41. The monoisotopic (exact) mass is 371 g/mol. The van der Waals surface area contributed by atoms with Crippen LogP contribution in [-0.4, -0.2) is 38.0 Å². The number of fused-ring (bicyclic) bond motifs is 2. The van der Waals surface area contributed by atoms with E-state index in [1.165, 1.54) is 6.92 Å². The lowest BCUT2D eigenvalue weighted by molar-refractivity contribution is -0.123. The molecule has 8 nitrogen and oxygen atoms in total. The first-order valence-electron chi connectivity index (χ1n) is 8.41. The van der Waals surface area contributed by atoms with Crippen LogP contribution in [0.3, 0.4) is 0 Å². The van der Waals surface area contributed by atoms with Crippen LogP contribution in [0.2, 0.25) is 0 Å². The zero-order valence-electron chi connectivity index (χ0n) is 14.5. The molecule has 0 unspecified atom stereocenters. The summed E-state index contributed by atoms with van der Waals surface area (Å²) in [5.74, 6) is 1.14. The summed E-state index contributed by atoms with van der Waals surface area (Å²) in [6.07, 6.45) is -0.990. The van der Waals surface area contributed by atoms with E-state index >= 15 is 0 Å². The minimum Gasteiger partial charge on any atom is -0.486 e. The van der Waals surface area contributed by atoms with Crippen molar-refractivity contribution >= 4 is 17.6 Å². The number of anilines is 1. The van der Waals surface area contributed by atoms with Gasteiger partial charge in [-0.25, -0.2) is 4.79 Å². The number of esters is 1. The zero-order valence-corrected chi connectivity index (χ0v) is 14.5. The quantitative estimate of drug-likeness (QED) is 0.825. The highest BCUT2D eigenvalue weighted by molar-refractivity contribution is 5.97. The summed E-state index contributed by atoms with van der Waals surface area (Å²) in [7, 11) is 0. The van der Waals surface area contributed by atoms with E-state index < -0.39 is 18.0 Å². The summed E-state index contributed by atoms with van der Waals surface area (Å²) in [6.45, 7) is 2.53. The maximum absolute atomic E-state index is 12.3. The van der Waals surface area contributed by atoms with E-state index in [1.54, 1.807) is 36.4 Å². The van der Waals surface area contributed by atoms with Gasteiger partial charge in [0, 0.05) is 11.8 Å². The Morgan fingerprint density at radius 2 is 1.59 bits per heavy atom. The fourth-order valence-electron chi connectivity index (χ4n) is 2.67. The van der Waals surface area contributed by atoms with Crippen molar-refractivity contribution < 1.29 is 33.3 Å². The molecule has 1 N–H and O–H groups in total. The fraction of sp³-hybridized carbons (Fsp3) is 0.263. The van der Waals surface area contributed by atoms with Crippen LogP contribution in [0.15, 0.2) is 36.4 Å². The Morgan fingerprint density at radius 3 is 2.44 bits per heavy atom. The Morgan fingerprint density at radius 1 is 0.926 bits per heavy atom. The van der Waals surface area contributed by atoms with E-state index in [9.17, 15) is 9.59 Å². The minimum atomic E-state index is -0.990. The maximum Gasteiger partial charge on any atom is 0.339 e. The van der Waals surface area contributed by atoms with Gasteiger partial charge >= 0.3 is 5.97 Å². The molecule has 2 aliphatic heterocycles. The smallest absolute Gasteiger partial charge is 0.339 e. The number of carbonyl (C=O) groups excluding carboxylic acids is 2. The van der Waals surface area contributed by atoms with Crippen LogP contribution in [0.5, 0.6) is 23.0 Å². The molecule has 0 radical (unpaired) electrons. The molecule has 0 spiro atoms. The largest absolute Gasteiger partial charge is 0.486 e. The highest BCUT2D eigenvalue weighted by Gasteiger charge is 2.22. The van der Waals surface area contributed by atoms with Gasteiger partial charge in [0.15, 0.2) is 29.1 Å². The number of rotatable bonds is 4. The maximum atomic E-state index is 12.3. The molecular weight excluding hydrogens is 354 g/mol. The minimum absolute atomic E-state index is 0.149. The van der Waals surface area contributed by atoms with Gasteiger partial charge in [-0.1, -0.05) is 0 Å². The third-order valence-corrected chi connectivity index (χ3v) is 4.07. The van der Waals surface area contributed by atoms with E-state index in [1.807, 2.05) is 0 Å². The highest BCUT2D eigenvalue weighted by Crippen LogP contribution is 2.34. The number of ether oxygens (including phenoxy) is 5. The number of hydrogen-bond acceptors (Lipinski definition) is 7. The molecule has 1 atom stereocenters. The van der Waals surface area contributed by atoms with Crippen LogP contribution in [0.25, 0.3) is 0 Å². The van der Waals surface area contributed by atoms with Gasteiger partial charge in [0.2, 0.25) is 6.79 Å². The van der Waals surface area contributed by atoms with Gasteiger partial charge in [-0.2, -0.15) is 0 Å². The van der Waals surface area contributed by atoms with E-state index in [0.29, 0.717) is 41.9 Å². The molecule has 2 aliphatic rings. The lowest BCUT2D eigenvalue weighted by Crippen LogP contribution is -2.30. The standard InChI is InChI=1S/C19H17NO7/c1-11(18(21)20-13-3-5-15-17(9-13)26-10-25-15)27-19(22)12-2-4-14-16(8-12)24-7-6-23-14/h2-5,8-9,11H,6-7,10H2,1H3,(H,20,21)/t11-/m1/s1. The Balaban J connectivity index is 1.38. The average Bonchev–Trinajstić information content (AvgIpc) is 3.15. The lowest BCUT2D eigenvalue weighted by Gasteiger charge is -2.19. The Kier molecular flexibility index (Phi) is 4.45. The van der Waals surface area contributed by atoms with Crippen molar-refractivity contribution in [1.82, 2.24) is 0 Å². The molecule has 0 fully saturated rings. The number of amides is 1. The average molecular weight is 371 g/mol. The van der Waals surface area contributed by atoms with E-state index in [2.05, 4.69) is 5.32 Å². The molecule has 2 aromatic rings. The second-order valence-corrected chi connectivity index (χ2v) is 5.96. The molecule has 4 rings (SSSR count). The predicted octanol–water partition coefficient (Wildman–Crippen LogP) is 2.37. The van der Waals surface area contributed by atoms with Crippen molar-refractivity contribution in [3.63, 3.8) is 0 Å². The van der Waals surface area contributed by atoms with Gasteiger partial charge in [0.1, 0.15) is 13.2 Å². The van der Waals surface area contributed by atoms with Crippen LogP contribution in [0.1, 0.15) is 17.3 Å². The molecule has 0 aromatic heterocycles. The van der Waals surface area contributed by atoms with Crippen LogP contribution in [-0.2, 0) is 9.53 Å². The molecular formula is C19H17NO7. The van der Waals surface area contributed by atoms with Gasteiger partial charge in [-0.15, -0.1) is 0 Å². The lowest BCUT2D eigenvalue weighted by atomic mass is 10.2. The fourth-order valence-corrected chi connectivity index (χ4v) is 2.67. The van der Waals surface area contributed by atoms with Crippen LogP contribution in [0.4, 0.5) is 5.69 Å². The van der Waals surface area contributed by atoms with Crippen LogP contribution >= 0.6 is 0 Å². The molecule has 0 saturated carbocycles. The molecule has 140 valence electrons. The first-order chi connectivity index (χ1) is 13.1. The van der Waals surface area contributed by atoms with Gasteiger partial charge in [0.25, 0.3) is 5.91 Å². The summed E-state index contributed by atoms with van der Waals surface area (Å²) >= 11 is 0. The van der Waals surface area contributed by atoms with Crippen molar-refractivity contribution in [2.24, 2.45) is 0 Å². The van der Waals surface area contributed by atoms with Crippen molar-refractivity contribution in [3.05, 3.63) is 42.0 Å². The van der Waals surface area contributed by atoms with E-state index in [0.717, 1.165) is 0 Å². The number of carbonyl (C=O) groups is 2. The van der Waals surface area contributed by atoms with Crippen molar-refractivity contribution in [1.29, 1.82) is 0 Å². The molecule has 0 saturated heterocycles. The van der Waals surface area contributed by atoms with Crippen LogP contribution in [0, 0.1) is 0 Å². The summed E-state index contributed by atoms with van der Waals surface area (Å²) in [5, 5.41) is 2.68. The molecule has 2 aromatic carbocycles. The summed E-state index contributed by atoms with van der Waals surface area (Å²) < 4.78 is 26.6. The third-order valence-electron chi connectivity index (χ3n) is 4.07.